The Balaban J connectivity index is 1.13. The van der Waals surface area contributed by atoms with Crippen molar-refractivity contribution in [3.8, 4) is 33.6 Å². The van der Waals surface area contributed by atoms with Crippen molar-refractivity contribution in [2.45, 2.75) is 0 Å². The molecule has 0 amide bonds. The second-order valence-electron chi connectivity index (χ2n) is 13.3. The second kappa shape index (κ2) is 10.8. The lowest BCUT2D eigenvalue weighted by Gasteiger charge is -2.09. The Morgan fingerprint density at radius 1 is 0.314 bits per heavy atom. The first-order chi connectivity index (χ1) is 25.3. The monoisotopic (exact) mass is 650 g/mol. The summed E-state index contributed by atoms with van der Waals surface area (Å²) in [7, 11) is 0. The average Bonchev–Trinajstić information content (AvgIpc) is 3.86. The van der Waals surface area contributed by atoms with E-state index in [1.165, 1.54) is 43.7 Å². The van der Waals surface area contributed by atoms with Crippen molar-refractivity contribution in [1.29, 1.82) is 0 Å². The molecule has 0 fully saturated rings. The Kier molecular flexibility index (Phi) is 5.96. The van der Waals surface area contributed by atoms with Gasteiger partial charge in [-0.3, -0.25) is 0 Å². The Morgan fingerprint density at radius 2 is 0.843 bits per heavy atom. The summed E-state index contributed by atoms with van der Waals surface area (Å²) in [6, 6.07) is 65.3. The van der Waals surface area contributed by atoms with Gasteiger partial charge in [0.15, 0.2) is 5.58 Å². The van der Waals surface area contributed by atoms with Crippen molar-refractivity contribution in [2.24, 2.45) is 0 Å². The van der Waals surface area contributed by atoms with Crippen LogP contribution in [0.1, 0.15) is 0 Å². The molecule has 0 saturated heterocycles. The molecule has 3 heterocycles. The molecule has 0 saturated carbocycles. The van der Waals surface area contributed by atoms with E-state index in [1.54, 1.807) is 0 Å². The largest absolute Gasteiger partial charge is 0.453 e. The lowest BCUT2D eigenvalue weighted by atomic mass is 10.00. The lowest BCUT2D eigenvalue weighted by Crippen LogP contribution is -1.94. The predicted octanol–water partition coefficient (Wildman–Crippen LogP) is 13.1. The van der Waals surface area contributed by atoms with E-state index in [0.717, 1.165) is 55.5 Å². The number of aromatic nitrogens is 2. The van der Waals surface area contributed by atoms with Crippen LogP contribution in [-0.2, 0) is 0 Å². The highest BCUT2D eigenvalue weighted by Crippen LogP contribution is 2.42. The van der Waals surface area contributed by atoms with Gasteiger partial charge in [0.1, 0.15) is 5.58 Å². The molecule has 8 aromatic carbocycles. The number of furan rings is 1. The zero-order valence-corrected chi connectivity index (χ0v) is 27.6. The quantitative estimate of drug-likeness (QED) is 0.186. The van der Waals surface area contributed by atoms with Crippen molar-refractivity contribution in [1.82, 2.24) is 9.13 Å². The van der Waals surface area contributed by atoms with Crippen molar-refractivity contribution in [3.63, 3.8) is 0 Å². The van der Waals surface area contributed by atoms with Gasteiger partial charge >= 0.3 is 0 Å². The van der Waals surface area contributed by atoms with Crippen LogP contribution in [0.2, 0.25) is 0 Å². The van der Waals surface area contributed by atoms with Gasteiger partial charge in [-0.15, -0.1) is 0 Å². The SMILES string of the molecule is c1ccc(-c2ccc3c(c2)c2ccccc2n3-c2cccc3c2oc2c(-c4ccc5c(c4)c4ccccc4n5-c4ccccc4)cccc23)cc1. The Morgan fingerprint density at radius 3 is 1.59 bits per heavy atom. The van der Waals surface area contributed by atoms with Crippen molar-refractivity contribution in [3.05, 3.63) is 182 Å². The first-order valence-electron chi connectivity index (χ1n) is 17.4. The Bertz CT molecular complexity index is 3130. The molecular weight excluding hydrogens is 621 g/mol. The van der Waals surface area contributed by atoms with Crippen molar-refractivity contribution < 1.29 is 4.42 Å². The van der Waals surface area contributed by atoms with Crippen LogP contribution in [0.15, 0.2) is 186 Å². The van der Waals surface area contributed by atoms with Crippen LogP contribution < -0.4 is 0 Å². The fraction of sp³-hybridized carbons (Fsp3) is 0. The molecule has 0 unspecified atom stereocenters. The zero-order chi connectivity index (χ0) is 33.5. The second-order valence-corrected chi connectivity index (χ2v) is 13.3. The molecule has 0 aliphatic rings. The van der Waals surface area contributed by atoms with E-state index in [-0.39, 0.29) is 0 Å². The topological polar surface area (TPSA) is 23.0 Å². The smallest absolute Gasteiger partial charge is 0.159 e. The molecule has 0 radical (unpaired) electrons. The Hall–Kier alpha value is -6.84. The first kappa shape index (κ1) is 28.0. The molecule has 0 spiro atoms. The minimum Gasteiger partial charge on any atom is -0.453 e. The highest BCUT2D eigenvalue weighted by atomic mass is 16.3. The van der Waals surface area contributed by atoms with Crippen LogP contribution in [0.4, 0.5) is 0 Å². The number of hydrogen-bond acceptors (Lipinski definition) is 1. The van der Waals surface area contributed by atoms with Gasteiger partial charge in [0.05, 0.1) is 27.8 Å². The van der Waals surface area contributed by atoms with E-state index in [0.29, 0.717) is 0 Å². The summed E-state index contributed by atoms with van der Waals surface area (Å²) < 4.78 is 11.8. The third-order valence-electron chi connectivity index (χ3n) is 10.5. The first-order valence-corrected chi connectivity index (χ1v) is 17.4. The minimum atomic E-state index is 0.886. The maximum Gasteiger partial charge on any atom is 0.159 e. The van der Waals surface area contributed by atoms with Gasteiger partial charge in [0.2, 0.25) is 0 Å². The molecule has 0 N–H and O–H groups in total. The third-order valence-corrected chi connectivity index (χ3v) is 10.5. The van der Waals surface area contributed by atoms with Gasteiger partial charge in [0, 0.05) is 43.6 Å². The number of hydrogen-bond donors (Lipinski definition) is 0. The van der Waals surface area contributed by atoms with E-state index < -0.39 is 0 Å². The molecule has 0 aliphatic carbocycles. The predicted molar refractivity (Wildman–Crippen MR) is 213 cm³/mol. The highest BCUT2D eigenvalue weighted by Gasteiger charge is 2.20. The van der Waals surface area contributed by atoms with Crippen molar-refractivity contribution >= 4 is 65.6 Å². The maximum atomic E-state index is 7.03. The fourth-order valence-corrected chi connectivity index (χ4v) is 8.25. The van der Waals surface area contributed by atoms with Gasteiger partial charge < -0.3 is 13.6 Å². The van der Waals surface area contributed by atoms with Crippen LogP contribution in [0.25, 0.3) is 99.2 Å². The van der Waals surface area contributed by atoms with E-state index >= 15 is 0 Å². The van der Waals surface area contributed by atoms with E-state index in [4.69, 9.17) is 4.42 Å². The average molecular weight is 651 g/mol. The van der Waals surface area contributed by atoms with Crippen LogP contribution in [-0.4, -0.2) is 9.13 Å². The van der Waals surface area contributed by atoms with Gasteiger partial charge in [0.25, 0.3) is 0 Å². The molecule has 11 aromatic rings. The summed E-state index contributed by atoms with van der Waals surface area (Å²) in [5.74, 6) is 0. The molecule has 11 rings (SSSR count). The van der Waals surface area contributed by atoms with E-state index in [1.807, 2.05) is 0 Å². The maximum absolute atomic E-state index is 7.03. The lowest BCUT2D eigenvalue weighted by molar-refractivity contribution is 0.667. The van der Waals surface area contributed by atoms with Crippen LogP contribution in [0.3, 0.4) is 0 Å². The molecule has 238 valence electrons. The molecule has 3 heteroatoms. The Labute approximate surface area is 293 Å². The highest BCUT2D eigenvalue weighted by molar-refractivity contribution is 6.16. The normalized spacial score (nSPS) is 11.9. The summed E-state index contributed by atoms with van der Waals surface area (Å²) in [4.78, 5) is 0. The van der Waals surface area contributed by atoms with Gasteiger partial charge in [-0.2, -0.15) is 0 Å². The number of rotatable bonds is 4. The summed E-state index contributed by atoms with van der Waals surface area (Å²) in [5, 5.41) is 7.13. The summed E-state index contributed by atoms with van der Waals surface area (Å²) >= 11 is 0. The molecule has 51 heavy (non-hydrogen) atoms. The summed E-state index contributed by atoms with van der Waals surface area (Å²) in [6.07, 6.45) is 0. The van der Waals surface area contributed by atoms with Crippen LogP contribution >= 0.6 is 0 Å². The fourth-order valence-electron chi connectivity index (χ4n) is 8.25. The van der Waals surface area contributed by atoms with Gasteiger partial charge in [-0.05, 0) is 71.3 Å². The standard InChI is InChI=1S/C48H30N2O/c1-3-13-31(14-4-1)32-25-27-45-40(29-32)37-18-8-10-23-43(37)50(45)46-24-12-21-39-38-20-11-19-35(47(38)51-48(39)46)33-26-28-44-41(30-33)36-17-7-9-22-42(36)49(44)34-15-5-2-6-16-34/h1-30H. The van der Waals surface area contributed by atoms with Crippen LogP contribution in [0, 0.1) is 0 Å². The molecule has 3 nitrogen and oxygen atoms in total. The van der Waals surface area contributed by atoms with Crippen molar-refractivity contribution in [2.75, 3.05) is 0 Å². The number of fused-ring (bicyclic) bond motifs is 9. The van der Waals surface area contributed by atoms with Gasteiger partial charge in [-0.25, -0.2) is 0 Å². The molecule has 0 atom stereocenters. The minimum absolute atomic E-state index is 0.886. The molecular formula is C48H30N2O. The molecule has 3 aromatic heterocycles. The van der Waals surface area contributed by atoms with E-state index in [2.05, 4.69) is 191 Å². The van der Waals surface area contributed by atoms with Crippen LogP contribution in [0.5, 0.6) is 0 Å². The summed E-state index contributed by atoms with van der Waals surface area (Å²) in [5.41, 5.74) is 13.3. The zero-order valence-electron chi connectivity index (χ0n) is 27.6. The van der Waals surface area contributed by atoms with E-state index in [9.17, 15) is 0 Å². The molecule has 0 bridgehead atoms. The number of para-hydroxylation sites is 5. The number of nitrogens with zero attached hydrogens (tertiary/aromatic N) is 2. The van der Waals surface area contributed by atoms with Gasteiger partial charge in [-0.1, -0.05) is 127 Å². The number of benzene rings is 8. The molecule has 0 aliphatic heterocycles. The summed E-state index contributed by atoms with van der Waals surface area (Å²) in [6.45, 7) is 0. The third kappa shape index (κ3) is 4.12.